The number of carbonyl (C=O) groups is 1. The van der Waals surface area contributed by atoms with E-state index in [9.17, 15) is 4.79 Å². The monoisotopic (exact) mass is 403 g/mol. The summed E-state index contributed by atoms with van der Waals surface area (Å²) in [5.74, 6) is 2.03. The van der Waals surface area contributed by atoms with E-state index >= 15 is 0 Å². The molecule has 0 saturated carbocycles. The summed E-state index contributed by atoms with van der Waals surface area (Å²) >= 11 is 0. The van der Waals surface area contributed by atoms with Gasteiger partial charge in [-0.05, 0) is 32.0 Å². The van der Waals surface area contributed by atoms with Gasteiger partial charge < -0.3 is 29.3 Å². The molecule has 1 aromatic heterocycles. The zero-order valence-electron chi connectivity index (χ0n) is 17.4. The molecule has 2 rings (SSSR count). The first-order valence-corrected chi connectivity index (χ1v) is 9.52. The quantitative estimate of drug-likeness (QED) is 0.272. The summed E-state index contributed by atoms with van der Waals surface area (Å²) in [6, 6.07) is 9.31. The van der Waals surface area contributed by atoms with Gasteiger partial charge in [0.2, 0.25) is 0 Å². The Morgan fingerprint density at radius 1 is 1.21 bits per heavy atom. The lowest BCUT2D eigenvalue weighted by molar-refractivity contribution is 0.0599. The van der Waals surface area contributed by atoms with Crippen LogP contribution in [0.1, 0.15) is 35.2 Å². The Bertz CT molecular complexity index is 816. The number of aryl methyl sites for hydroxylation is 1. The molecule has 0 unspecified atom stereocenters. The molecular formula is C21H29N3O5. The van der Waals surface area contributed by atoms with Gasteiger partial charge in [-0.1, -0.05) is 6.07 Å². The van der Waals surface area contributed by atoms with Crippen molar-refractivity contribution in [2.24, 2.45) is 4.99 Å². The molecule has 0 aliphatic rings. The number of furan rings is 1. The average Bonchev–Trinajstić information content (AvgIpc) is 3.10. The summed E-state index contributed by atoms with van der Waals surface area (Å²) in [5, 5.41) is 6.43. The minimum Gasteiger partial charge on any atom is -0.493 e. The van der Waals surface area contributed by atoms with Gasteiger partial charge in [-0.25, -0.2) is 9.79 Å². The van der Waals surface area contributed by atoms with Crippen molar-refractivity contribution in [3.63, 3.8) is 0 Å². The number of guanidine groups is 1. The molecule has 0 aliphatic carbocycles. The smallest absolute Gasteiger partial charge is 0.341 e. The first kappa shape index (κ1) is 22.3. The summed E-state index contributed by atoms with van der Waals surface area (Å²) in [6.45, 7) is 5.94. The molecule has 2 aromatic rings. The van der Waals surface area contributed by atoms with Crippen molar-refractivity contribution in [3.8, 4) is 5.75 Å². The van der Waals surface area contributed by atoms with Gasteiger partial charge >= 0.3 is 5.97 Å². The molecule has 8 nitrogen and oxygen atoms in total. The van der Waals surface area contributed by atoms with Gasteiger partial charge in [-0.15, -0.1) is 0 Å². The number of methoxy groups -OCH3 is 2. The van der Waals surface area contributed by atoms with Crippen LogP contribution in [-0.2, 0) is 16.0 Å². The van der Waals surface area contributed by atoms with Gasteiger partial charge in [-0.2, -0.15) is 0 Å². The van der Waals surface area contributed by atoms with E-state index in [0.717, 1.165) is 17.9 Å². The normalized spacial score (nSPS) is 11.2. The van der Waals surface area contributed by atoms with Gasteiger partial charge in [0.15, 0.2) is 5.96 Å². The third-order valence-corrected chi connectivity index (χ3v) is 3.97. The van der Waals surface area contributed by atoms with Crippen molar-refractivity contribution >= 4 is 17.6 Å². The summed E-state index contributed by atoms with van der Waals surface area (Å²) in [5.41, 5.74) is 1.26. The minimum atomic E-state index is -0.422. The van der Waals surface area contributed by atoms with Gasteiger partial charge in [-0.3, -0.25) is 0 Å². The Morgan fingerprint density at radius 3 is 2.76 bits per heavy atom. The van der Waals surface area contributed by atoms with Crippen LogP contribution in [-0.4, -0.2) is 45.9 Å². The van der Waals surface area contributed by atoms with Crippen LogP contribution in [0.4, 0.5) is 5.69 Å². The van der Waals surface area contributed by atoms with Gasteiger partial charge in [0.1, 0.15) is 29.4 Å². The molecule has 0 radical (unpaired) electrons. The molecule has 29 heavy (non-hydrogen) atoms. The number of anilines is 1. The number of hydrogen-bond acceptors (Lipinski definition) is 6. The van der Waals surface area contributed by atoms with Crippen LogP contribution in [0.2, 0.25) is 0 Å². The van der Waals surface area contributed by atoms with Crippen LogP contribution in [0.25, 0.3) is 0 Å². The first-order valence-electron chi connectivity index (χ1n) is 9.52. The highest BCUT2D eigenvalue weighted by Crippen LogP contribution is 2.18. The Kier molecular flexibility index (Phi) is 9.04. The van der Waals surface area contributed by atoms with Crippen molar-refractivity contribution in [2.45, 2.75) is 26.8 Å². The number of nitrogens with one attached hydrogen (secondary N) is 2. The maximum Gasteiger partial charge on any atom is 0.341 e. The van der Waals surface area contributed by atoms with E-state index in [1.807, 2.05) is 31.2 Å². The van der Waals surface area contributed by atoms with Crippen LogP contribution < -0.4 is 15.4 Å². The number of carbonyl (C=O) groups excluding carboxylic acids is 1. The highest BCUT2D eigenvalue weighted by atomic mass is 16.5. The lowest BCUT2D eigenvalue weighted by Crippen LogP contribution is -2.30. The predicted molar refractivity (Wildman–Crippen MR) is 112 cm³/mol. The number of aliphatic imine (C=N–C) groups is 1. The SMILES string of the molecule is CCNC(=NCc1cc(C(=O)OC)c(C)o1)Nc1cccc(OCCCOC)c1. The third kappa shape index (κ3) is 7.15. The zero-order valence-corrected chi connectivity index (χ0v) is 17.4. The molecule has 8 heteroatoms. The van der Waals surface area contributed by atoms with Gasteiger partial charge in [0.05, 0.1) is 13.7 Å². The molecule has 0 spiro atoms. The summed E-state index contributed by atoms with van der Waals surface area (Å²) in [4.78, 5) is 16.2. The van der Waals surface area contributed by atoms with Gasteiger partial charge in [0.25, 0.3) is 0 Å². The second kappa shape index (κ2) is 11.8. The van der Waals surface area contributed by atoms with Gasteiger partial charge in [0, 0.05) is 38.4 Å². The summed E-state index contributed by atoms with van der Waals surface area (Å²) in [6.07, 6.45) is 0.828. The maximum absolute atomic E-state index is 11.7. The standard InChI is InChI=1S/C21H29N3O5/c1-5-22-21(23-14-18-13-19(15(2)29-18)20(25)27-4)24-16-8-6-9-17(12-16)28-11-7-10-26-3/h6,8-9,12-13H,5,7,10-11,14H2,1-4H3,(H2,22,23,24). The molecule has 0 aliphatic heterocycles. The fourth-order valence-electron chi connectivity index (χ4n) is 2.59. The van der Waals surface area contributed by atoms with E-state index in [4.69, 9.17) is 18.6 Å². The second-order valence-electron chi connectivity index (χ2n) is 6.22. The van der Waals surface area contributed by atoms with Crippen molar-refractivity contribution in [3.05, 3.63) is 47.4 Å². The fraction of sp³-hybridized carbons (Fsp3) is 0.429. The number of benzene rings is 1. The predicted octanol–water partition coefficient (Wildman–Crippen LogP) is 3.37. The van der Waals surface area contributed by atoms with E-state index in [0.29, 0.717) is 42.8 Å². The van der Waals surface area contributed by atoms with Crippen molar-refractivity contribution in [1.29, 1.82) is 0 Å². The van der Waals surface area contributed by atoms with Crippen LogP contribution in [0, 0.1) is 6.92 Å². The Hall–Kier alpha value is -3.00. The van der Waals surface area contributed by atoms with E-state index < -0.39 is 5.97 Å². The molecule has 0 bridgehead atoms. The Labute approximate surface area is 171 Å². The third-order valence-electron chi connectivity index (χ3n) is 3.97. The lowest BCUT2D eigenvalue weighted by Gasteiger charge is -2.12. The van der Waals surface area contributed by atoms with E-state index in [1.165, 1.54) is 7.11 Å². The molecule has 2 N–H and O–H groups in total. The molecule has 0 atom stereocenters. The number of ether oxygens (including phenoxy) is 3. The van der Waals surface area contributed by atoms with Crippen LogP contribution >= 0.6 is 0 Å². The molecular weight excluding hydrogens is 374 g/mol. The van der Waals surface area contributed by atoms with Crippen LogP contribution in [0.15, 0.2) is 39.7 Å². The van der Waals surface area contributed by atoms with E-state index in [-0.39, 0.29) is 6.54 Å². The largest absolute Gasteiger partial charge is 0.493 e. The lowest BCUT2D eigenvalue weighted by atomic mass is 10.2. The summed E-state index contributed by atoms with van der Waals surface area (Å²) in [7, 11) is 3.02. The second-order valence-corrected chi connectivity index (χ2v) is 6.22. The fourth-order valence-corrected chi connectivity index (χ4v) is 2.59. The average molecular weight is 403 g/mol. The van der Waals surface area contributed by atoms with E-state index in [1.54, 1.807) is 20.1 Å². The topological polar surface area (TPSA) is 94.3 Å². The summed E-state index contributed by atoms with van der Waals surface area (Å²) < 4.78 is 21.1. The first-order chi connectivity index (χ1) is 14.1. The van der Waals surface area contributed by atoms with Crippen molar-refractivity contribution in [1.82, 2.24) is 5.32 Å². The molecule has 1 heterocycles. The Balaban J connectivity index is 2.03. The number of esters is 1. The van der Waals surface area contributed by atoms with Crippen molar-refractivity contribution in [2.75, 3.05) is 39.3 Å². The highest BCUT2D eigenvalue weighted by Gasteiger charge is 2.15. The van der Waals surface area contributed by atoms with Crippen LogP contribution in [0.5, 0.6) is 5.75 Å². The minimum absolute atomic E-state index is 0.278. The zero-order chi connectivity index (χ0) is 21.1. The maximum atomic E-state index is 11.7. The number of nitrogens with zero attached hydrogens (tertiary/aromatic N) is 1. The molecule has 1 aromatic carbocycles. The van der Waals surface area contributed by atoms with Crippen LogP contribution in [0.3, 0.4) is 0 Å². The van der Waals surface area contributed by atoms with Crippen molar-refractivity contribution < 1.29 is 23.4 Å². The highest BCUT2D eigenvalue weighted by molar-refractivity contribution is 5.94. The molecule has 0 amide bonds. The molecule has 0 saturated heterocycles. The number of hydrogen-bond donors (Lipinski definition) is 2. The molecule has 158 valence electrons. The molecule has 0 fully saturated rings. The van der Waals surface area contributed by atoms with E-state index in [2.05, 4.69) is 15.6 Å². The number of rotatable bonds is 10. The Morgan fingerprint density at radius 2 is 2.03 bits per heavy atom.